The van der Waals surface area contributed by atoms with Gasteiger partial charge in [-0.05, 0) is 43.4 Å². The number of carbonyl (C=O) groups excluding carboxylic acids is 2. The second kappa shape index (κ2) is 8.18. The molecule has 0 amide bonds. The molecule has 2 aromatic rings. The molecular weight excluding hydrogens is 344 g/mol. The summed E-state index contributed by atoms with van der Waals surface area (Å²) >= 11 is 6.04. The molecule has 26 heavy (non-hydrogen) atoms. The van der Waals surface area contributed by atoms with E-state index in [1.165, 1.54) is 0 Å². The topological polar surface area (TPSA) is 34.1 Å². The molecule has 1 aliphatic rings. The molecule has 136 valence electrons. The standard InChI is InChI=1S/C23H25ClO2/c1-15-3-6-18(7-4-15)23(26)14-20(17-8-10-19(24)11-9-17)21-13-16(2)5-12-22(21)25/h3-4,6-11,16,20-21H,5,12-14H2,1-2H3/t16-,20-,21-/m1/s1. The molecule has 0 heterocycles. The Morgan fingerprint density at radius 2 is 1.77 bits per heavy atom. The van der Waals surface area contributed by atoms with Crippen molar-refractivity contribution in [3.63, 3.8) is 0 Å². The van der Waals surface area contributed by atoms with Gasteiger partial charge in [-0.25, -0.2) is 0 Å². The third-order valence-electron chi connectivity index (χ3n) is 5.52. The predicted molar refractivity (Wildman–Crippen MR) is 106 cm³/mol. The van der Waals surface area contributed by atoms with Crippen molar-refractivity contribution < 1.29 is 9.59 Å². The Balaban J connectivity index is 1.89. The van der Waals surface area contributed by atoms with E-state index in [1.54, 1.807) is 0 Å². The first kappa shape index (κ1) is 18.8. The number of Topliss-reactive ketones (excluding diaryl/α,β-unsaturated/α-hetero) is 2. The van der Waals surface area contributed by atoms with Crippen LogP contribution in [0.2, 0.25) is 5.02 Å². The van der Waals surface area contributed by atoms with Crippen LogP contribution in [-0.2, 0) is 4.79 Å². The normalized spacial score (nSPS) is 21.4. The quantitative estimate of drug-likeness (QED) is 0.605. The minimum atomic E-state index is -0.0886. The van der Waals surface area contributed by atoms with Crippen LogP contribution in [-0.4, -0.2) is 11.6 Å². The Hall–Kier alpha value is -1.93. The Morgan fingerprint density at radius 1 is 1.12 bits per heavy atom. The van der Waals surface area contributed by atoms with Gasteiger partial charge in [-0.15, -0.1) is 0 Å². The van der Waals surface area contributed by atoms with Crippen molar-refractivity contribution >= 4 is 23.2 Å². The lowest BCUT2D eigenvalue weighted by Crippen LogP contribution is -2.30. The molecule has 3 heteroatoms. The largest absolute Gasteiger partial charge is 0.299 e. The molecule has 1 fully saturated rings. The second-order valence-electron chi connectivity index (χ2n) is 7.60. The van der Waals surface area contributed by atoms with Gasteiger partial charge in [-0.1, -0.05) is 60.5 Å². The first-order valence-electron chi connectivity index (χ1n) is 9.32. The van der Waals surface area contributed by atoms with Crippen molar-refractivity contribution in [2.45, 2.75) is 45.4 Å². The number of rotatable bonds is 5. The molecule has 1 aliphatic carbocycles. The summed E-state index contributed by atoms with van der Waals surface area (Å²) in [7, 11) is 0. The first-order valence-corrected chi connectivity index (χ1v) is 9.70. The van der Waals surface area contributed by atoms with Gasteiger partial charge in [-0.3, -0.25) is 9.59 Å². The van der Waals surface area contributed by atoms with E-state index >= 15 is 0 Å². The Bertz CT molecular complexity index is 777. The van der Waals surface area contributed by atoms with Crippen LogP contribution < -0.4 is 0 Å². The fraction of sp³-hybridized carbons (Fsp3) is 0.391. The van der Waals surface area contributed by atoms with Crippen LogP contribution in [0.15, 0.2) is 48.5 Å². The highest BCUT2D eigenvalue weighted by molar-refractivity contribution is 6.30. The lowest BCUT2D eigenvalue weighted by atomic mass is 9.70. The Kier molecular flexibility index (Phi) is 5.93. The van der Waals surface area contributed by atoms with E-state index in [0.717, 1.165) is 24.0 Å². The Morgan fingerprint density at radius 3 is 2.42 bits per heavy atom. The number of aryl methyl sites for hydroxylation is 1. The van der Waals surface area contributed by atoms with Gasteiger partial charge in [0.25, 0.3) is 0 Å². The summed E-state index contributed by atoms with van der Waals surface area (Å²) in [6, 6.07) is 15.3. The van der Waals surface area contributed by atoms with Crippen molar-refractivity contribution in [3.05, 3.63) is 70.2 Å². The van der Waals surface area contributed by atoms with Gasteiger partial charge >= 0.3 is 0 Å². The highest BCUT2D eigenvalue weighted by Crippen LogP contribution is 2.39. The van der Waals surface area contributed by atoms with Gasteiger partial charge in [0.1, 0.15) is 5.78 Å². The molecule has 0 unspecified atom stereocenters. The second-order valence-corrected chi connectivity index (χ2v) is 8.04. The monoisotopic (exact) mass is 368 g/mol. The zero-order valence-electron chi connectivity index (χ0n) is 15.4. The molecular formula is C23H25ClO2. The highest BCUT2D eigenvalue weighted by atomic mass is 35.5. The summed E-state index contributed by atoms with van der Waals surface area (Å²) in [5.74, 6) is 0.725. The number of ketones is 2. The molecule has 1 saturated carbocycles. The predicted octanol–water partition coefficient (Wildman–Crippen LogP) is 6.01. The number of hydrogen-bond donors (Lipinski definition) is 0. The van der Waals surface area contributed by atoms with Crippen LogP contribution in [0.25, 0.3) is 0 Å². The number of hydrogen-bond acceptors (Lipinski definition) is 2. The van der Waals surface area contributed by atoms with Crippen molar-refractivity contribution in [1.82, 2.24) is 0 Å². The summed E-state index contributed by atoms with van der Waals surface area (Å²) in [6.45, 7) is 4.20. The third kappa shape index (κ3) is 4.42. The van der Waals surface area contributed by atoms with Gasteiger partial charge in [-0.2, -0.15) is 0 Å². The van der Waals surface area contributed by atoms with Crippen molar-refractivity contribution in [2.24, 2.45) is 11.8 Å². The average Bonchev–Trinajstić information content (AvgIpc) is 2.63. The maximum atomic E-state index is 12.9. The molecule has 0 radical (unpaired) electrons. The van der Waals surface area contributed by atoms with E-state index in [2.05, 4.69) is 6.92 Å². The number of benzene rings is 2. The van der Waals surface area contributed by atoms with Gasteiger partial charge in [0.15, 0.2) is 5.78 Å². The number of halogens is 1. The highest BCUT2D eigenvalue weighted by Gasteiger charge is 2.35. The lowest BCUT2D eigenvalue weighted by Gasteiger charge is -2.32. The van der Waals surface area contributed by atoms with E-state index in [9.17, 15) is 9.59 Å². The summed E-state index contributed by atoms with van der Waals surface area (Å²) < 4.78 is 0. The van der Waals surface area contributed by atoms with Crippen LogP contribution >= 0.6 is 11.6 Å². The van der Waals surface area contributed by atoms with Crippen LogP contribution in [0, 0.1) is 18.8 Å². The van der Waals surface area contributed by atoms with E-state index in [-0.39, 0.29) is 17.6 Å². The van der Waals surface area contributed by atoms with Crippen LogP contribution in [0.3, 0.4) is 0 Å². The Labute approximate surface area is 160 Å². The van der Waals surface area contributed by atoms with E-state index in [0.29, 0.717) is 35.1 Å². The fourth-order valence-electron chi connectivity index (χ4n) is 3.90. The van der Waals surface area contributed by atoms with E-state index in [1.807, 2.05) is 55.5 Å². The van der Waals surface area contributed by atoms with Crippen LogP contribution in [0.5, 0.6) is 0 Å². The van der Waals surface area contributed by atoms with Crippen molar-refractivity contribution in [3.8, 4) is 0 Å². The van der Waals surface area contributed by atoms with Crippen LogP contribution in [0.4, 0.5) is 0 Å². The molecule has 0 bridgehead atoms. The molecule has 3 rings (SSSR count). The molecule has 2 aromatic carbocycles. The van der Waals surface area contributed by atoms with Gasteiger partial charge in [0.05, 0.1) is 0 Å². The minimum Gasteiger partial charge on any atom is -0.299 e. The number of carbonyl (C=O) groups is 2. The molecule has 3 atom stereocenters. The summed E-state index contributed by atoms with van der Waals surface area (Å²) in [6.07, 6.45) is 2.78. The van der Waals surface area contributed by atoms with Crippen LogP contribution in [0.1, 0.15) is 60.0 Å². The minimum absolute atomic E-state index is 0.0867. The molecule has 0 spiro atoms. The lowest BCUT2D eigenvalue weighted by molar-refractivity contribution is -0.126. The fourth-order valence-corrected chi connectivity index (χ4v) is 4.03. The SMILES string of the molecule is Cc1ccc(C(=O)C[C@H](c2ccc(Cl)cc2)[C@H]2C[C@H](C)CCC2=O)cc1. The van der Waals surface area contributed by atoms with Gasteiger partial charge < -0.3 is 0 Å². The average molecular weight is 369 g/mol. The molecule has 0 aromatic heterocycles. The molecule has 2 nitrogen and oxygen atoms in total. The summed E-state index contributed by atoms with van der Waals surface area (Å²) in [5, 5.41) is 0.667. The molecule has 0 N–H and O–H groups in total. The van der Waals surface area contributed by atoms with Gasteiger partial charge in [0.2, 0.25) is 0 Å². The van der Waals surface area contributed by atoms with E-state index < -0.39 is 0 Å². The molecule has 0 saturated heterocycles. The zero-order chi connectivity index (χ0) is 18.7. The van der Waals surface area contributed by atoms with Crippen molar-refractivity contribution in [2.75, 3.05) is 0 Å². The van der Waals surface area contributed by atoms with Gasteiger partial charge in [0, 0.05) is 35.3 Å². The molecule has 0 aliphatic heterocycles. The van der Waals surface area contributed by atoms with E-state index in [4.69, 9.17) is 11.6 Å². The zero-order valence-corrected chi connectivity index (χ0v) is 16.1. The third-order valence-corrected chi connectivity index (χ3v) is 5.77. The summed E-state index contributed by atoms with van der Waals surface area (Å²) in [4.78, 5) is 25.5. The maximum Gasteiger partial charge on any atom is 0.163 e. The summed E-state index contributed by atoms with van der Waals surface area (Å²) in [5.41, 5.74) is 2.88. The smallest absolute Gasteiger partial charge is 0.163 e. The maximum absolute atomic E-state index is 12.9. The first-order chi connectivity index (χ1) is 12.4. The van der Waals surface area contributed by atoms with Crippen molar-refractivity contribution in [1.29, 1.82) is 0 Å².